The van der Waals surface area contributed by atoms with Crippen LogP contribution in [-0.2, 0) is 6.42 Å². The Morgan fingerprint density at radius 3 is 2.53 bits per heavy atom. The van der Waals surface area contributed by atoms with E-state index in [-0.39, 0.29) is 0 Å². The normalized spacial score (nSPS) is 29.6. The van der Waals surface area contributed by atoms with Gasteiger partial charge < -0.3 is 10.8 Å². The summed E-state index contributed by atoms with van der Waals surface area (Å²) in [5.41, 5.74) is 8.02. The van der Waals surface area contributed by atoms with E-state index in [2.05, 4.69) is 36.2 Å². The zero-order valence-corrected chi connectivity index (χ0v) is 11.7. The van der Waals surface area contributed by atoms with Crippen LogP contribution in [0, 0.1) is 5.92 Å². The van der Waals surface area contributed by atoms with E-state index >= 15 is 0 Å². The van der Waals surface area contributed by atoms with Crippen molar-refractivity contribution >= 4 is 0 Å². The summed E-state index contributed by atoms with van der Waals surface area (Å²) in [4.78, 5) is 2.40. The van der Waals surface area contributed by atoms with Crippen molar-refractivity contribution in [1.29, 1.82) is 0 Å². The highest BCUT2D eigenvalue weighted by Crippen LogP contribution is 2.39. The molecule has 2 fully saturated rings. The van der Waals surface area contributed by atoms with Gasteiger partial charge in [0.05, 0.1) is 5.60 Å². The van der Waals surface area contributed by atoms with Crippen LogP contribution in [0.2, 0.25) is 0 Å². The second kappa shape index (κ2) is 4.89. The first-order valence-electron chi connectivity index (χ1n) is 7.31. The number of likely N-dealkylation sites (tertiary alicyclic amines) is 1. The number of nitrogens with two attached hydrogens (primary N) is 1. The smallest absolute Gasteiger partial charge is 0.0690 e. The van der Waals surface area contributed by atoms with Gasteiger partial charge >= 0.3 is 0 Å². The molecule has 1 aliphatic carbocycles. The van der Waals surface area contributed by atoms with E-state index in [0.29, 0.717) is 12.0 Å². The minimum absolute atomic E-state index is 0.393. The van der Waals surface area contributed by atoms with Crippen LogP contribution in [-0.4, -0.2) is 35.7 Å². The van der Waals surface area contributed by atoms with E-state index < -0.39 is 5.60 Å². The first kappa shape index (κ1) is 13.1. The fourth-order valence-corrected chi connectivity index (χ4v) is 3.22. The van der Waals surface area contributed by atoms with Crippen molar-refractivity contribution in [2.24, 2.45) is 11.7 Å². The van der Waals surface area contributed by atoms with Crippen molar-refractivity contribution in [2.75, 3.05) is 20.1 Å². The maximum atomic E-state index is 9.95. The maximum absolute atomic E-state index is 9.95. The summed E-state index contributed by atoms with van der Waals surface area (Å²) in [5, 5.41) is 9.95. The van der Waals surface area contributed by atoms with Gasteiger partial charge in [-0.05, 0) is 49.9 Å². The Bertz CT molecular complexity index is 439. The SMILES string of the molecule is CN1CC(CN)CC1c1ccc(CC2(O)CC2)cc1. The number of hydrogen-bond donors (Lipinski definition) is 2. The highest BCUT2D eigenvalue weighted by atomic mass is 16.3. The van der Waals surface area contributed by atoms with E-state index in [4.69, 9.17) is 5.73 Å². The Kier molecular flexibility index (Phi) is 3.37. The minimum atomic E-state index is -0.393. The zero-order valence-electron chi connectivity index (χ0n) is 11.7. The third-order valence-corrected chi connectivity index (χ3v) is 4.69. The van der Waals surface area contributed by atoms with Crippen LogP contribution in [0.25, 0.3) is 0 Å². The van der Waals surface area contributed by atoms with Crippen molar-refractivity contribution in [1.82, 2.24) is 4.90 Å². The molecule has 0 amide bonds. The van der Waals surface area contributed by atoms with Gasteiger partial charge in [0, 0.05) is 19.0 Å². The van der Waals surface area contributed by atoms with E-state index in [0.717, 1.165) is 38.8 Å². The molecule has 3 N–H and O–H groups in total. The molecule has 3 heteroatoms. The molecular formula is C16H24N2O. The largest absolute Gasteiger partial charge is 0.390 e. The monoisotopic (exact) mass is 260 g/mol. The van der Waals surface area contributed by atoms with Crippen molar-refractivity contribution < 1.29 is 5.11 Å². The molecule has 0 radical (unpaired) electrons. The summed E-state index contributed by atoms with van der Waals surface area (Å²) < 4.78 is 0. The first-order valence-corrected chi connectivity index (χ1v) is 7.31. The van der Waals surface area contributed by atoms with Gasteiger partial charge in [-0.3, -0.25) is 4.90 Å². The van der Waals surface area contributed by atoms with Crippen molar-refractivity contribution in [2.45, 2.75) is 37.3 Å². The van der Waals surface area contributed by atoms with Crippen molar-refractivity contribution in [3.05, 3.63) is 35.4 Å². The highest BCUT2D eigenvalue weighted by Gasteiger charge is 2.40. The quantitative estimate of drug-likeness (QED) is 0.866. The van der Waals surface area contributed by atoms with Gasteiger partial charge in [0.25, 0.3) is 0 Å². The van der Waals surface area contributed by atoms with Crippen LogP contribution in [0.5, 0.6) is 0 Å². The molecule has 1 aromatic carbocycles. The molecule has 3 nitrogen and oxygen atoms in total. The molecule has 0 aromatic heterocycles. The molecule has 3 rings (SSSR count). The van der Waals surface area contributed by atoms with Crippen LogP contribution < -0.4 is 5.73 Å². The average molecular weight is 260 g/mol. The molecule has 1 saturated carbocycles. The average Bonchev–Trinajstić information content (AvgIpc) is 3.00. The van der Waals surface area contributed by atoms with E-state index in [1.807, 2.05) is 0 Å². The number of hydrogen-bond acceptors (Lipinski definition) is 3. The standard InChI is InChI=1S/C16H24N2O/c1-18-11-13(10-17)8-15(18)14-4-2-12(3-5-14)9-16(19)6-7-16/h2-5,13,15,19H,6-11,17H2,1H3. The summed E-state index contributed by atoms with van der Waals surface area (Å²) in [6.45, 7) is 1.88. The number of benzene rings is 1. The number of rotatable bonds is 4. The van der Waals surface area contributed by atoms with Gasteiger partial charge in [0.2, 0.25) is 0 Å². The predicted molar refractivity (Wildman–Crippen MR) is 76.9 cm³/mol. The molecule has 104 valence electrons. The summed E-state index contributed by atoms with van der Waals surface area (Å²) in [6, 6.07) is 9.30. The van der Waals surface area contributed by atoms with Crippen LogP contribution in [0.3, 0.4) is 0 Å². The molecule has 0 bridgehead atoms. The minimum Gasteiger partial charge on any atom is -0.390 e. The lowest BCUT2D eigenvalue weighted by Crippen LogP contribution is -2.20. The summed E-state index contributed by atoms with van der Waals surface area (Å²) in [7, 11) is 2.18. The van der Waals surface area contributed by atoms with E-state index in [1.165, 1.54) is 11.1 Å². The predicted octanol–water partition coefficient (Wildman–Crippen LogP) is 1.71. The van der Waals surface area contributed by atoms with Gasteiger partial charge in [-0.1, -0.05) is 24.3 Å². The van der Waals surface area contributed by atoms with Gasteiger partial charge in [0.15, 0.2) is 0 Å². The summed E-state index contributed by atoms with van der Waals surface area (Å²) >= 11 is 0. The van der Waals surface area contributed by atoms with Crippen molar-refractivity contribution in [3.8, 4) is 0 Å². The van der Waals surface area contributed by atoms with Gasteiger partial charge in [-0.15, -0.1) is 0 Å². The van der Waals surface area contributed by atoms with Crippen LogP contribution in [0.4, 0.5) is 0 Å². The lowest BCUT2D eigenvalue weighted by atomic mass is 9.97. The molecule has 1 saturated heterocycles. The lowest BCUT2D eigenvalue weighted by molar-refractivity contribution is 0.151. The molecule has 1 heterocycles. The number of nitrogens with zero attached hydrogens (tertiary/aromatic N) is 1. The fourth-order valence-electron chi connectivity index (χ4n) is 3.22. The molecule has 1 aliphatic heterocycles. The topological polar surface area (TPSA) is 49.5 Å². The van der Waals surface area contributed by atoms with E-state index in [1.54, 1.807) is 0 Å². The second-order valence-corrected chi connectivity index (χ2v) is 6.44. The third kappa shape index (κ3) is 2.83. The van der Waals surface area contributed by atoms with Gasteiger partial charge in [0.1, 0.15) is 0 Å². The van der Waals surface area contributed by atoms with Crippen LogP contribution in [0.15, 0.2) is 24.3 Å². The first-order chi connectivity index (χ1) is 9.09. The molecule has 2 unspecified atom stereocenters. The highest BCUT2D eigenvalue weighted by molar-refractivity contribution is 5.27. The summed E-state index contributed by atoms with van der Waals surface area (Å²) in [5.74, 6) is 0.627. The molecule has 2 aliphatic rings. The lowest BCUT2D eigenvalue weighted by Gasteiger charge is -2.20. The fraction of sp³-hybridized carbons (Fsp3) is 0.625. The molecular weight excluding hydrogens is 236 g/mol. The molecule has 19 heavy (non-hydrogen) atoms. The second-order valence-electron chi connectivity index (χ2n) is 6.44. The molecule has 0 spiro atoms. The third-order valence-electron chi connectivity index (χ3n) is 4.69. The summed E-state index contributed by atoms with van der Waals surface area (Å²) in [6.07, 6.45) is 3.88. The molecule has 1 aromatic rings. The number of aliphatic hydroxyl groups is 1. The van der Waals surface area contributed by atoms with E-state index in [9.17, 15) is 5.11 Å². The Labute approximate surface area is 115 Å². The zero-order chi connectivity index (χ0) is 13.5. The Hall–Kier alpha value is -0.900. The van der Waals surface area contributed by atoms with Crippen LogP contribution in [0.1, 0.15) is 36.4 Å². The molecule has 2 atom stereocenters. The van der Waals surface area contributed by atoms with Gasteiger partial charge in [-0.2, -0.15) is 0 Å². The van der Waals surface area contributed by atoms with Crippen LogP contribution >= 0.6 is 0 Å². The Morgan fingerprint density at radius 1 is 1.32 bits per heavy atom. The Morgan fingerprint density at radius 2 is 2.00 bits per heavy atom. The Balaban J connectivity index is 1.68. The van der Waals surface area contributed by atoms with Crippen molar-refractivity contribution in [3.63, 3.8) is 0 Å². The maximum Gasteiger partial charge on any atom is 0.0690 e. The van der Waals surface area contributed by atoms with Gasteiger partial charge in [-0.25, -0.2) is 0 Å².